The average Bonchev–Trinajstić information content (AvgIpc) is 2.47. The molecule has 0 aliphatic rings. The molecule has 1 N–H and O–H groups in total. The Bertz CT molecular complexity index is 670. The third-order valence-corrected chi connectivity index (χ3v) is 2.43. The summed E-state index contributed by atoms with van der Waals surface area (Å²) in [5.74, 6) is -2.89. The normalized spacial score (nSPS) is 9.41. The number of rotatable bonds is 2. The van der Waals surface area contributed by atoms with Crippen molar-refractivity contribution in [2.75, 3.05) is 7.11 Å². The lowest BCUT2D eigenvalue weighted by molar-refractivity contribution is -0.387. The number of nitrogens with zero attached hydrogens (tertiary/aromatic N) is 1. The van der Waals surface area contributed by atoms with Gasteiger partial charge in [-0.25, -0.2) is 9.18 Å². The van der Waals surface area contributed by atoms with Crippen LogP contribution in [0.5, 0.6) is 5.75 Å². The van der Waals surface area contributed by atoms with E-state index in [4.69, 9.17) is 5.11 Å². The van der Waals surface area contributed by atoms with Crippen molar-refractivity contribution in [1.29, 1.82) is 0 Å². The number of halogens is 2. The van der Waals surface area contributed by atoms with Gasteiger partial charge in [-0.1, -0.05) is 18.2 Å². The lowest BCUT2D eigenvalue weighted by Crippen LogP contribution is -2.04. The van der Waals surface area contributed by atoms with E-state index in [9.17, 15) is 23.7 Å². The predicted octanol–water partition coefficient (Wildman–Crippen LogP) is 3.05. The van der Waals surface area contributed by atoms with Crippen LogP contribution in [0.25, 0.3) is 0 Å². The van der Waals surface area contributed by atoms with E-state index in [1.165, 1.54) is 24.3 Å². The zero-order valence-electron chi connectivity index (χ0n) is 11.3. The SMILES string of the molecule is COC(=O)c1c(O)cccc1F.O=[N+]([O-])c1ccccc1F. The number of hydrogen-bond acceptors (Lipinski definition) is 5. The number of nitro benzene ring substituents is 1. The van der Waals surface area contributed by atoms with Crippen molar-refractivity contribution in [2.24, 2.45) is 0 Å². The van der Waals surface area contributed by atoms with Crippen molar-refractivity contribution in [2.45, 2.75) is 0 Å². The smallest absolute Gasteiger partial charge is 0.344 e. The summed E-state index contributed by atoms with van der Waals surface area (Å²) in [6.45, 7) is 0. The maximum atomic E-state index is 12.8. The minimum atomic E-state index is -0.884. The molecule has 0 heterocycles. The second-order valence-electron chi connectivity index (χ2n) is 3.83. The van der Waals surface area contributed by atoms with Gasteiger partial charge in [0.05, 0.1) is 12.0 Å². The molecule has 0 saturated carbocycles. The maximum Gasteiger partial charge on any atom is 0.344 e. The van der Waals surface area contributed by atoms with Gasteiger partial charge in [0.1, 0.15) is 17.1 Å². The second-order valence-corrected chi connectivity index (χ2v) is 3.83. The predicted molar refractivity (Wildman–Crippen MR) is 72.5 cm³/mol. The third-order valence-electron chi connectivity index (χ3n) is 2.43. The first-order valence-electron chi connectivity index (χ1n) is 5.83. The molecule has 0 fully saturated rings. The Hall–Kier alpha value is -3.03. The van der Waals surface area contributed by atoms with Crippen LogP contribution in [0.4, 0.5) is 14.5 Å². The number of phenolic OH excluding ortho intramolecular Hbond substituents is 1. The molecule has 22 heavy (non-hydrogen) atoms. The van der Waals surface area contributed by atoms with Crippen LogP contribution >= 0.6 is 0 Å². The molecule has 2 rings (SSSR count). The lowest BCUT2D eigenvalue weighted by atomic mass is 10.2. The summed E-state index contributed by atoms with van der Waals surface area (Å²) in [4.78, 5) is 20.1. The second kappa shape index (κ2) is 7.67. The van der Waals surface area contributed by atoms with E-state index in [0.29, 0.717) is 0 Å². The van der Waals surface area contributed by atoms with Gasteiger partial charge in [-0.3, -0.25) is 10.1 Å². The summed E-state index contributed by atoms with van der Waals surface area (Å²) in [7, 11) is 1.12. The highest BCUT2D eigenvalue weighted by atomic mass is 19.1. The fourth-order valence-electron chi connectivity index (χ4n) is 1.42. The quantitative estimate of drug-likeness (QED) is 0.523. The van der Waals surface area contributed by atoms with Gasteiger partial charge in [-0.05, 0) is 18.2 Å². The number of ether oxygens (including phenoxy) is 1. The molecule has 0 bridgehead atoms. The molecule has 0 atom stereocenters. The molecular weight excluding hydrogens is 300 g/mol. The Labute approximate surface area is 123 Å². The zero-order chi connectivity index (χ0) is 16.7. The highest BCUT2D eigenvalue weighted by molar-refractivity contribution is 5.92. The molecule has 0 unspecified atom stereocenters. The Kier molecular flexibility index (Phi) is 5.94. The number of para-hydroxylation sites is 1. The highest BCUT2D eigenvalue weighted by Crippen LogP contribution is 2.20. The summed E-state index contributed by atoms with van der Waals surface area (Å²) >= 11 is 0. The van der Waals surface area contributed by atoms with E-state index in [1.54, 1.807) is 0 Å². The molecule has 2 aromatic rings. The Morgan fingerprint density at radius 2 is 1.73 bits per heavy atom. The number of carbonyl (C=O) groups is 1. The fraction of sp³-hybridized carbons (Fsp3) is 0.0714. The van der Waals surface area contributed by atoms with Crippen LogP contribution in [-0.4, -0.2) is 23.1 Å². The highest BCUT2D eigenvalue weighted by Gasteiger charge is 2.16. The summed E-state index contributed by atoms with van der Waals surface area (Å²) in [6, 6.07) is 8.59. The van der Waals surface area contributed by atoms with Gasteiger partial charge in [0.15, 0.2) is 0 Å². The van der Waals surface area contributed by atoms with E-state index in [-0.39, 0.29) is 0 Å². The van der Waals surface area contributed by atoms with Crippen LogP contribution in [0.15, 0.2) is 42.5 Å². The van der Waals surface area contributed by atoms with Crippen LogP contribution in [0.1, 0.15) is 10.4 Å². The van der Waals surface area contributed by atoms with Crippen molar-refractivity contribution in [1.82, 2.24) is 0 Å². The molecule has 0 radical (unpaired) electrons. The van der Waals surface area contributed by atoms with E-state index in [2.05, 4.69) is 4.74 Å². The van der Waals surface area contributed by atoms with Crippen molar-refractivity contribution in [3.8, 4) is 5.75 Å². The molecule has 116 valence electrons. The number of benzene rings is 2. The van der Waals surface area contributed by atoms with Gasteiger partial charge >= 0.3 is 11.7 Å². The molecule has 0 aliphatic heterocycles. The van der Waals surface area contributed by atoms with Crippen LogP contribution in [0.3, 0.4) is 0 Å². The van der Waals surface area contributed by atoms with Gasteiger partial charge in [0.25, 0.3) is 0 Å². The molecule has 0 aromatic heterocycles. The fourth-order valence-corrected chi connectivity index (χ4v) is 1.42. The van der Waals surface area contributed by atoms with Gasteiger partial charge in [-0.2, -0.15) is 4.39 Å². The molecule has 2 aromatic carbocycles. The van der Waals surface area contributed by atoms with E-state index in [0.717, 1.165) is 25.3 Å². The van der Waals surface area contributed by atoms with Crippen LogP contribution in [-0.2, 0) is 4.74 Å². The first-order valence-corrected chi connectivity index (χ1v) is 5.83. The Balaban J connectivity index is 0.000000224. The number of phenols is 1. The van der Waals surface area contributed by atoms with Gasteiger partial charge < -0.3 is 9.84 Å². The van der Waals surface area contributed by atoms with E-state index >= 15 is 0 Å². The largest absolute Gasteiger partial charge is 0.507 e. The first-order chi connectivity index (χ1) is 10.4. The molecule has 0 spiro atoms. The van der Waals surface area contributed by atoms with Gasteiger partial charge in [0, 0.05) is 6.07 Å². The Morgan fingerprint density at radius 3 is 2.18 bits per heavy atom. The zero-order valence-corrected chi connectivity index (χ0v) is 11.3. The summed E-state index contributed by atoms with van der Waals surface area (Å²) < 4.78 is 29.5. The van der Waals surface area contributed by atoms with Crippen molar-refractivity contribution < 1.29 is 28.3 Å². The van der Waals surface area contributed by atoms with E-state index in [1.807, 2.05) is 0 Å². The minimum absolute atomic E-state index is 0.415. The van der Waals surface area contributed by atoms with Crippen molar-refractivity contribution in [3.05, 3.63) is 69.8 Å². The molecule has 6 nitrogen and oxygen atoms in total. The number of aromatic hydroxyl groups is 1. The van der Waals surface area contributed by atoms with Gasteiger partial charge in [0.2, 0.25) is 5.82 Å². The molecule has 0 aliphatic carbocycles. The minimum Gasteiger partial charge on any atom is -0.507 e. The average molecular weight is 311 g/mol. The van der Waals surface area contributed by atoms with Crippen LogP contribution in [0.2, 0.25) is 0 Å². The van der Waals surface area contributed by atoms with Crippen molar-refractivity contribution in [3.63, 3.8) is 0 Å². The number of hydrogen-bond donors (Lipinski definition) is 1. The monoisotopic (exact) mass is 311 g/mol. The standard InChI is InChI=1S/C8H7FO3.C6H4FNO2/c1-12-8(11)7-5(9)3-2-4-6(7)10;7-5-3-1-2-4-6(5)8(9)10/h2-4,10H,1H3;1-4H. The summed E-state index contributed by atoms with van der Waals surface area (Å²) in [5, 5.41) is 19.0. The first kappa shape index (κ1) is 17.0. The number of nitro groups is 1. The molecule has 0 amide bonds. The Morgan fingerprint density at radius 1 is 1.14 bits per heavy atom. The topological polar surface area (TPSA) is 89.7 Å². The van der Waals surface area contributed by atoms with E-state index < -0.39 is 39.5 Å². The number of esters is 1. The molecule has 8 heteroatoms. The lowest BCUT2D eigenvalue weighted by Gasteiger charge is -2.02. The summed E-state index contributed by atoms with van der Waals surface area (Å²) in [6.07, 6.45) is 0. The van der Waals surface area contributed by atoms with Crippen LogP contribution < -0.4 is 0 Å². The third kappa shape index (κ3) is 4.23. The van der Waals surface area contributed by atoms with Gasteiger partial charge in [-0.15, -0.1) is 0 Å². The number of methoxy groups -OCH3 is 1. The molecular formula is C14H11F2NO5. The summed E-state index contributed by atoms with van der Waals surface area (Å²) in [5.41, 5.74) is -0.914. The van der Waals surface area contributed by atoms with Crippen molar-refractivity contribution >= 4 is 11.7 Å². The maximum absolute atomic E-state index is 12.8. The molecule has 0 saturated heterocycles. The van der Waals surface area contributed by atoms with Crippen LogP contribution in [0, 0.1) is 21.7 Å². The number of carbonyl (C=O) groups excluding carboxylic acids is 1.